The Bertz CT molecular complexity index is 886. The highest BCUT2D eigenvalue weighted by Gasteiger charge is 2.22. The van der Waals surface area contributed by atoms with Crippen LogP contribution in [0.15, 0.2) is 79.1 Å². The second-order valence-corrected chi connectivity index (χ2v) is 7.34. The molecule has 0 spiro atoms. The molecule has 2 aromatic carbocycles. The van der Waals surface area contributed by atoms with Crippen molar-refractivity contribution < 1.29 is 9.53 Å². The highest BCUT2D eigenvalue weighted by Crippen LogP contribution is 2.13. The Balaban J connectivity index is 1.40. The summed E-state index contributed by atoms with van der Waals surface area (Å²) in [6.07, 6.45) is 4.89. The van der Waals surface area contributed by atoms with Crippen molar-refractivity contribution in [2.45, 2.75) is 12.5 Å². The van der Waals surface area contributed by atoms with E-state index in [2.05, 4.69) is 34.5 Å². The minimum atomic E-state index is -0.0321. The molecule has 0 saturated carbocycles. The maximum absolute atomic E-state index is 12.7. The standard InChI is InChI=1S/C24H27N3O2/c28-24(21-8-10-22(11-9-21)26-12-4-5-13-26)25-19-23(27-14-16-29-17-15-27)18-20-6-2-1-3-7-20/h1-13,23H,14-19H2,(H,25,28). The van der Waals surface area contributed by atoms with Crippen molar-refractivity contribution >= 4 is 5.91 Å². The van der Waals surface area contributed by atoms with Crippen LogP contribution in [0.1, 0.15) is 15.9 Å². The molecule has 0 radical (unpaired) electrons. The van der Waals surface area contributed by atoms with Crippen LogP contribution in [0, 0.1) is 0 Å². The van der Waals surface area contributed by atoms with Crippen LogP contribution in [0.5, 0.6) is 0 Å². The van der Waals surface area contributed by atoms with E-state index in [9.17, 15) is 4.79 Å². The zero-order chi connectivity index (χ0) is 19.9. The number of carbonyl (C=O) groups is 1. The van der Waals surface area contributed by atoms with Crippen molar-refractivity contribution in [2.75, 3.05) is 32.8 Å². The van der Waals surface area contributed by atoms with Gasteiger partial charge in [-0.25, -0.2) is 0 Å². The summed E-state index contributed by atoms with van der Waals surface area (Å²) in [5.74, 6) is -0.0321. The van der Waals surface area contributed by atoms with Gasteiger partial charge in [0, 0.05) is 49.3 Å². The van der Waals surface area contributed by atoms with E-state index >= 15 is 0 Å². The minimum absolute atomic E-state index is 0.0321. The quantitative estimate of drug-likeness (QED) is 0.675. The molecule has 1 aromatic heterocycles. The topological polar surface area (TPSA) is 46.5 Å². The van der Waals surface area contributed by atoms with Gasteiger partial charge in [-0.05, 0) is 48.4 Å². The highest BCUT2D eigenvalue weighted by atomic mass is 16.5. The molecule has 1 saturated heterocycles. The summed E-state index contributed by atoms with van der Waals surface area (Å²) in [5, 5.41) is 3.14. The van der Waals surface area contributed by atoms with E-state index in [4.69, 9.17) is 4.74 Å². The molecule has 150 valence electrons. The predicted octanol–water partition coefficient (Wildman–Crippen LogP) is 3.15. The maximum atomic E-state index is 12.7. The van der Waals surface area contributed by atoms with Crippen LogP contribution in [-0.4, -0.2) is 54.3 Å². The van der Waals surface area contributed by atoms with Gasteiger partial charge in [-0.1, -0.05) is 30.3 Å². The molecule has 5 nitrogen and oxygen atoms in total. The Morgan fingerprint density at radius 2 is 1.62 bits per heavy atom. The smallest absolute Gasteiger partial charge is 0.251 e. The third-order valence-corrected chi connectivity index (χ3v) is 5.41. The number of nitrogens with one attached hydrogen (secondary N) is 1. The summed E-state index contributed by atoms with van der Waals surface area (Å²) in [6.45, 7) is 3.92. The van der Waals surface area contributed by atoms with Gasteiger partial charge < -0.3 is 14.6 Å². The summed E-state index contributed by atoms with van der Waals surface area (Å²) >= 11 is 0. The number of carbonyl (C=O) groups excluding carboxylic acids is 1. The van der Waals surface area contributed by atoms with E-state index in [1.54, 1.807) is 0 Å². The monoisotopic (exact) mass is 389 g/mol. The van der Waals surface area contributed by atoms with E-state index in [-0.39, 0.29) is 11.9 Å². The van der Waals surface area contributed by atoms with Crippen molar-refractivity contribution in [3.05, 3.63) is 90.3 Å². The normalized spacial score (nSPS) is 15.7. The molecule has 1 aliphatic heterocycles. The first-order chi connectivity index (χ1) is 14.3. The molecule has 1 amide bonds. The van der Waals surface area contributed by atoms with Gasteiger partial charge in [0.25, 0.3) is 5.91 Å². The van der Waals surface area contributed by atoms with Gasteiger partial charge in [0.1, 0.15) is 0 Å². The van der Waals surface area contributed by atoms with Crippen molar-refractivity contribution in [1.29, 1.82) is 0 Å². The molecular formula is C24H27N3O2. The number of morpholine rings is 1. The van der Waals surface area contributed by atoms with Gasteiger partial charge in [-0.15, -0.1) is 0 Å². The van der Waals surface area contributed by atoms with E-state index in [0.29, 0.717) is 12.1 Å². The largest absolute Gasteiger partial charge is 0.379 e. The molecule has 5 heteroatoms. The Morgan fingerprint density at radius 1 is 0.931 bits per heavy atom. The molecular weight excluding hydrogens is 362 g/mol. The molecule has 2 heterocycles. The summed E-state index contributed by atoms with van der Waals surface area (Å²) in [7, 11) is 0. The fourth-order valence-corrected chi connectivity index (χ4v) is 3.76. The molecule has 1 atom stereocenters. The summed E-state index contributed by atoms with van der Waals surface area (Å²) in [4.78, 5) is 15.1. The third kappa shape index (κ3) is 5.13. The van der Waals surface area contributed by atoms with Crippen molar-refractivity contribution in [2.24, 2.45) is 0 Å². The SMILES string of the molecule is O=C(NCC(Cc1ccccc1)N1CCOCC1)c1ccc(-n2cccc2)cc1. The average Bonchev–Trinajstić information content (AvgIpc) is 3.33. The first kappa shape index (κ1) is 19.4. The number of amides is 1. The third-order valence-electron chi connectivity index (χ3n) is 5.41. The number of nitrogens with zero attached hydrogens (tertiary/aromatic N) is 2. The predicted molar refractivity (Wildman–Crippen MR) is 114 cm³/mol. The lowest BCUT2D eigenvalue weighted by atomic mass is 10.0. The van der Waals surface area contributed by atoms with E-state index < -0.39 is 0 Å². The zero-order valence-corrected chi connectivity index (χ0v) is 16.5. The fourth-order valence-electron chi connectivity index (χ4n) is 3.76. The van der Waals surface area contributed by atoms with Gasteiger partial charge in [-0.2, -0.15) is 0 Å². The first-order valence-corrected chi connectivity index (χ1v) is 10.2. The van der Waals surface area contributed by atoms with Crippen LogP contribution >= 0.6 is 0 Å². The summed E-state index contributed by atoms with van der Waals surface area (Å²) in [5.41, 5.74) is 3.01. The number of benzene rings is 2. The first-order valence-electron chi connectivity index (χ1n) is 10.2. The Hall–Kier alpha value is -2.89. The molecule has 29 heavy (non-hydrogen) atoms. The van der Waals surface area contributed by atoms with Crippen LogP contribution in [-0.2, 0) is 11.2 Å². The van der Waals surface area contributed by atoms with Crippen molar-refractivity contribution in [1.82, 2.24) is 14.8 Å². The van der Waals surface area contributed by atoms with Crippen LogP contribution < -0.4 is 5.32 Å². The molecule has 0 aliphatic carbocycles. The lowest BCUT2D eigenvalue weighted by molar-refractivity contribution is 0.0167. The van der Waals surface area contributed by atoms with Gasteiger partial charge in [-0.3, -0.25) is 9.69 Å². The number of hydrogen-bond donors (Lipinski definition) is 1. The van der Waals surface area contributed by atoms with E-state index in [0.717, 1.165) is 38.4 Å². The second-order valence-electron chi connectivity index (χ2n) is 7.34. The lowest BCUT2D eigenvalue weighted by Crippen LogP contribution is -2.49. The minimum Gasteiger partial charge on any atom is -0.379 e. The van der Waals surface area contributed by atoms with Crippen molar-refractivity contribution in [3.8, 4) is 5.69 Å². The summed E-state index contributed by atoms with van der Waals surface area (Å²) < 4.78 is 7.53. The van der Waals surface area contributed by atoms with Crippen LogP contribution in [0.3, 0.4) is 0 Å². The second kappa shape index (κ2) is 9.54. The van der Waals surface area contributed by atoms with Gasteiger partial charge in [0.15, 0.2) is 0 Å². The zero-order valence-electron chi connectivity index (χ0n) is 16.5. The number of rotatable bonds is 7. The molecule has 4 rings (SSSR count). The number of ether oxygens (including phenoxy) is 1. The summed E-state index contributed by atoms with van der Waals surface area (Å²) in [6, 6.07) is 22.4. The number of aromatic nitrogens is 1. The van der Waals surface area contributed by atoms with Crippen molar-refractivity contribution in [3.63, 3.8) is 0 Å². The van der Waals surface area contributed by atoms with Crippen LogP contribution in [0.25, 0.3) is 5.69 Å². The van der Waals surface area contributed by atoms with Gasteiger partial charge in [0.05, 0.1) is 13.2 Å². The lowest BCUT2D eigenvalue weighted by Gasteiger charge is -2.34. The molecule has 1 fully saturated rings. The average molecular weight is 389 g/mol. The van der Waals surface area contributed by atoms with Crippen LogP contribution in [0.4, 0.5) is 0 Å². The van der Waals surface area contributed by atoms with Gasteiger partial charge in [0.2, 0.25) is 0 Å². The number of hydrogen-bond acceptors (Lipinski definition) is 3. The highest BCUT2D eigenvalue weighted by molar-refractivity contribution is 5.94. The van der Waals surface area contributed by atoms with E-state index in [1.165, 1.54) is 5.56 Å². The molecule has 3 aromatic rings. The van der Waals surface area contributed by atoms with E-state index in [1.807, 2.05) is 59.4 Å². The molecule has 1 N–H and O–H groups in total. The fraction of sp³-hybridized carbons (Fsp3) is 0.292. The van der Waals surface area contributed by atoms with Crippen LogP contribution in [0.2, 0.25) is 0 Å². The maximum Gasteiger partial charge on any atom is 0.251 e. The molecule has 1 aliphatic rings. The Morgan fingerprint density at radius 3 is 2.31 bits per heavy atom. The molecule has 0 bridgehead atoms. The Labute approximate surface area is 171 Å². The Kier molecular flexibility index (Phi) is 6.39. The van der Waals surface area contributed by atoms with Gasteiger partial charge >= 0.3 is 0 Å². The molecule has 1 unspecified atom stereocenters.